The van der Waals surface area contributed by atoms with Crippen molar-refractivity contribution in [3.63, 3.8) is 0 Å². The van der Waals surface area contributed by atoms with Gasteiger partial charge >= 0.3 is 0 Å². The minimum Gasteiger partial charge on any atom is -0.357 e. The Balaban J connectivity index is 0.00000261. The normalized spacial score (nSPS) is 16.9. The highest BCUT2D eigenvalue weighted by Crippen LogP contribution is 2.25. The molecule has 1 saturated heterocycles. The van der Waals surface area contributed by atoms with Crippen LogP contribution in [0, 0.1) is 6.92 Å². The summed E-state index contributed by atoms with van der Waals surface area (Å²) < 4.78 is 0. The van der Waals surface area contributed by atoms with Crippen LogP contribution in [0.15, 0.2) is 29.5 Å². The van der Waals surface area contributed by atoms with Crippen LogP contribution in [-0.4, -0.2) is 48.1 Å². The third-order valence-corrected chi connectivity index (χ3v) is 5.44. The first-order valence-corrected chi connectivity index (χ1v) is 10.2. The topological polar surface area (TPSA) is 65.4 Å². The van der Waals surface area contributed by atoms with Crippen LogP contribution in [0.5, 0.6) is 0 Å². The molecule has 148 valence electrons. The second-order valence-corrected chi connectivity index (χ2v) is 7.99. The summed E-state index contributed by atoms with van der Waals surface area (Å²) in [5, 5.41) is 8.70. The summed E-state index contributed by atoms with van der Waals surface area (Å²) in [7, 11) is 0. The van der Waals surface area contributed by atoms with Crippen LogP contribution in [0.2, 0.25) is 5.02 Å². The van der Waals surface area contributed by atoms with E-state index in [1.54, 1.807) is 17.5 Å². The van der Waals surface area contributed by atoms with Crippen LogP contribution in [0.1, 0.15) is 23.2 Å². The molecule has 2 aromatic heterocycles. The molecule has 27 heavy (non-hydrogen) atoms. The predicted molar refractivity (Wildman–Crippen MR) is 125 cm³/mol. The number of guanidine groups is 1. The molecule has 0 aromatic carbocycles. The third-order valence-electron chi connectivity index (χ3n) is 4.18. The first-order chi connectivity index (χ1) is 12.7. The van der Waals surface area contributed by atoms with E-state index in [0.29, 0.717) is 11.1 Å². The van der Waals surface area contributed by atoms with E-state index in [2.05, 4.69) is 39.3 Å². The Bertz CT molecular complexity index is 753. The summed E-state index contributed by atoms with van der Waals surface area (Å²) in [5.41, 5.74) is 0. The van der Waals surface area contributed by atoms with Gasteiger partial charge < -0.3 is 15.5 Å². The van der Waals surface area contributed by atoms with Crippen LogP contribution in [0.25, 0.3) is 0 Å². The van der Waals surface area contributed by atoms with Gasteiger partial charge in [0.1, 0.15) is 5.82 Å². The number of hydrogen-bond donors (Lipinski definition) is 2. The third kappa shape index (κ3) is 6.46. The standard InChI is InChI=1S/C18H25ClN6S.HI/c1-3-20-18(22-9-6-16-23-11-13(2)26-16)24-14-7-10-25(12-14)17-15(19)5-4-8-21-17;/h4-5,8,11,14H,3,6-7,9-10,12H2,1-2H3,(H2,20,22,24);1H. The quantitative estimate of drug-likeness (QED) is 0.347. The van der Waals surface area contributed by atoms with Crippen LogP contribution in [0.4, 0.5) is 5.82 Å². The van der Waals surface area contributed by atoms with Crippen LogP contribution >= 0.6 is 46.9 Å². The lowest BCUT2D eigenvalue weighted by Gasteiger charge is -2.20. The molecular weight excluding hydrogens is 495 g/mol. The molecule has 3 heterocycles. The van der Waals surface area contributed by atoms with Crippen molar-refractivity contribution in [2.24, 2.45) is 4.99 Å². The van der Waals surface area contributed by atoms with E-state index in [0.717, 1.165) is 55.8 Å². The second kappa shape index (κ2) is 11.0. The molecule has 0 spiro atoms. The Morgan fingerprint density at radius 3 is 3.00 bits per heavy atom. The predicted octanol–water partition coefficient (Wildman–Crippen LogP) is 3.49. The number of aromatic nitrogens is 2. The van der Waals surface area contributed by atoms with Crippen molar-refractivity contribution in [2.75, 3.05) is 31.1 Å². The average molecular weight is 521 g/mol. The van der Waals surface area contributed by atoms with Gasteiger partial charge in [0.25, 0.3) is 0 Å². The number of aliphatic imine (C=N–C) groups is 1. The summed E-state index contributed by atoms with van der Waals surface area (Å²) >= 11 is 8.01. The Morgan fingerprint density at radius 2 is 2.30 bits per heavy atom. The molecule has 0 amide bonds. The van der Waals surface area contributed by atoms with E-state index in [9.17, 15) is 0 Å². The number of halogens is 2. The van der Waals surface area contributed by atoms with Gasteiger partial charge in [-0.3, -0.25) is 4.99 Å². The highest BCUT2D eigenvalue weighted by atomic mass is 127. The van der Waals surface area contributed by atoms with E-state index in [1.807, 2.05) is 18.3 Å². The molecule has 0 bridgehead atoms. The molecule has 0 saturated carbocycles. The Kier molecular flexibility index (Phi) is 9.04. The monoisotopic (exact) mass is 520 g/mol. The maximum atomic E-state index is 6.27. The molecule has 1 aliphatic rings. The lowest BCUT2D eigenvalue weighted by molar-refractivity contribution is 0.648. The summed E-state index contributed by atoms with van der Waals surface area (Å²) in [4.78, 5) is 17.0. The summed E-state index contributed by atoms with van der Waals surface area (Å²) in [6, 6.07) is 4.07. The average Bonchev–Trinajstić information content (AvgIpc) is 3.25. The molecule has 0 radical (unpaired) electrons. The van der Waals surface area contributed by atoms with Crippen molar-refractivity contribution in [3.05, 3.63) is 39.4 Å². The molecule has 1 unspecified atom stereocenters. The molecule has 0 aliphatic carbocycles. The van der Waals surface area contributed by atoms with Crippen LogP contribution < -0.4 is 15.5 Å². The number of aryl methyl sites for hydroxylation is 1. The zero-order valence-corrected chi connectivity index (χ0v) is 19.5. The number of nitrogens with one attached hydrogen (secondary N) is 2. The van der Waals surface area contributed by atoms with Crippen LogP contribution in [-0.2, 0) is 6.42 Å². The van der Waals surface area contributed by atoms with Crippen molar-refractivity contribution in [1.82, 2.24) is 20.6 Å². The Hall–Kier alpha value is -1.13. The molecular formula is C18H26ClIN6S. The molecule has 2 aromatic rings. The maximum absolute atomic E-state index is 6.27. The summed E-state index contributed by atoms with van der Waals surface area (Å²) in [6.45, 7) is 7.53. The van der Waals surface area contributed by atoms with E-state index >= 15 is 0 Å². The Labute approximate surface area is 186 Å². The molecule has 1 atom stereocenters. The van der Waals surface area contributed by atoms with Gasteiger partial charge in [0, 0.05) is 55.9 Å². The van der Waals surface area contributed by atoms with E-state index in [1.165, 1.54) is 4.88 Å². The molecule has 6 nitrogen and oxygen atoms in total. The van der Waals surface area contributed by atoms with Crippen molar-refractivity contribution >= 4 is 58.7 Å². The van der Waals surface area contributed by atoms with Gasteiger partial charge in [0.15, 0.2) is 5.96 Å². The van der Waals surface area contributed by atoms with Gasteiger partial charge in [0.05, 0.1) is 10.0 Å². The maximum Gasteiger partial charge on any atom is 0.191 e. The van der Waals surface area contributed by atoms with Gasteiger partial charge in [-0.05, 0) is 32.4 Å². The first-order valence-electron chi connectivity index (χ1n) is 8.97. The van der Waals surface area contributed by atoms with Gasteiger partial charge in [-0.15, -0.1) is 35.3 Å². The lowest BCUT2D eigenvalue weighted by Crippen LogP contribution is -2.44. The fourth-order valence-electron chi connectivity index (χ4n) is 2.97. The highest BCUT2D eigenvalue weighted by Gasteiger charge is 2.25. The first kappa shape index (κ1) is 22.2. The smallest absolute Gasteiger partial charge is 0.191 e. The van der Waals surface area contributed by atoms with E-state index < -0.39 is 0 Å². The van der Waals surface area contributed by atoms with Gasteiger partial charge in [0.2, 0.25) is 0 Å². The molecule has 3 rings (SSSR count). The molecule has 1 fully saturated rings. The number of hydrogen-bond acceptors (Lipinski definition) is 5. The molecule has 1 aliphatic heterocycles. The largest absolute Gasteiger partial charge is 0.357 e. The minimum atomic E-state index is 0. The lowest BCUT2D eigenvalue weighted by atomic mass is 10.3. The van der Waals surface area contributed by atoms with E-state index in [4.69, 9.17) is 16.6 Å². The highest BCUT2D eigenvalue weighted by molar-refractivity contribution is 14.0. The zero-order valence-electron chi connectivity index (χ0n) is 15.6. The van der Waals surface area contributed by atoms with Crippen molar-refractivity contribution in [3.8, 4) is 0 Å². The summed E-state index contributed by atoms with van der Waals surface area (Å²) in [5.74, 6) is 1.72. The van der Waals surface area contributed by atoms with Gasteiger partial charge in [-0.25, -0.2) is 9.97 Å². The van der Waals surface area contributed by atoms with Crippen molar-refractivity contribution < 1.29 is 0 Å². The van der Waals surface area contributed by atoms with Crippen molar-refractivity contribution in [2.45, 2.75) is 32.7 Å². The molecule has 2 N–H and O–H groups in total. The number of thiazole rings is 1. The fraction of sp³-hybridized carbons (Fsp3) is 0.500. The number of pyridine rings is 1. The summed E-state index contributed by atoms with van der Waals surface area (Å²) in [6.07, 6.45) is 5.61. The van der Waals surface area contributed by atoms with Gasteiger partial charge in [-0.2, -0.15) is 0 Å². The Morgan fingerprint density at radius 1 is 1.44 bits per heavy atom. The van der Waals surface area contributed by atoms with Crippen LogP contribution in [0.3, 0.4) is 0 Å². The second-order valence-electron chi connectivity index (χ2n) is 6.26. The minimum absolute atomic E-state index is 0. The number of anilines is 1. The fourth-order valence-corrected chi connectivity index (χ4v) is 3.99. The van der Waals surface area contributed by atoms with Crippen molar-refractivity contribution in [1.29, 1.82) is 0 Å². The van der Waals surface area contributed by atoms with Gasteiger partial charge in [-0.1, -0.05) is 11.6 Å². The van der Waals surface area contributed by atoms with E-state index in [-0.39, 0.29) is 24.0 Å². The number of nitrogens with zero attached hydrogens (tertiary/aromatic N) is 4. The zero-order chi connectivity index (χ0) is 18.4. The number of rotatable bonds is 6. The SMILES string of the molecule is CCNC(=NCCc1ncc(C)s1)NC1CCN(c2ncccc2Cl)C1.I. The molecule has 9 heteroatoms.